The maximum Gasteiger partial charge on any atom is 0.261 e. The fourth-order valence-corrected chi connectivity index (χ4v) is 4.34. The monoisotopic (exact) mass is 429 g/mol. The lowest BCUT2D eigenvalue weighted by Crippen LogP contribution is -2.36. The Hall–Kier alpha value is -4.24. The Balaban J connectivity index is 1.65. The summed E-state index contributed by atoms with van der Waals surface area (Å²) in [5, 5.41) is 3.67. The Morgan fingerprint density at radius 2 is 1.15 bits per heavy atom. The topological polar surface area (TPSA) is 37.4 Å². The zero-order valence-electron chi connectivity index (χ0n) is 18.4. The molecule has 3 heteroatoms. The summed E-state index contributed by atoms with van der Waals surface area (Å²) in [5.41, 5.74) is 3.04. The summed E-state index contributed by atoms with van der Waals surface area (Å²) in [7, 11) is 0. The zero-order valence-corrected chi connectivity index (χ0v) is 18.4. The summed E-state index contributed by atoms with van der Waals surface area (Å²) >= 11 is 0. The molecule has 3 nitrogen and oxygen atoms in total. The smallest absolute Gasteiger partial charge is 0.261 e. The van der Waals surface area contributed by atoms with Gasteiger partial charge in [0.2, 0.25) is 0 Å². The van der Waals surface area contributed by atoms with Crippen molar-refractivity contribution >= 4 is 33.4 Å². The molecule has 160 valence electrons. The second-order valence-electron chi connectivity index (χ2n) is 8.18. The van der Waals surface area contributed by atoms with Gasteiger partial charge in [0.05, 0.1) is 6.54 Å². The predicted molar refractivity (Wildman–Crippen MR) is 133 cm³/mol. The molecule has 0 atom stereocenters. The number of hydrogen-bond acceptors (Lipinski definition) is 2. The van der Waals surface area contributed by atoms with E-state index in [1.54, 1.807) is 6.07 Å². The van der Waals surface area contributed by atoms with E-state index in [0.29, 0.717) is 11.1 Å². The molecule has 5 aromatic carbocycles. The second kappa shape index (κ2) is 8.71. The Kier molecular flexibility index (Phi) is 5.45. The third-order valence-electron chi connectivity index (χ3n) is 6.07. The molecular formula is C30H23NO2. The summed E-state index contributed by atoms with van der Waals surface area (Å²) in [4.78, 5) is 29.2. The van der Waals surface area contributed by atoms with E-state index in [4.69, 9.17) is 0 Å². The molecule has 0 unspecified atom stereocenters. The number of carbonyl (C=O) groups excluding carboxylic acids is 2. The van der Waals surface area contributed by atoms with E-state index in [1.807, 2.05) is 110 Å². The van der Waals surface area contributed by atoms with E-state index in [1.165, 1.54) is 4.90 Å². The molecule has 0 heterocycles. The highest BCUT2D eigenvalue weighted by molar-refractivity contribution is 6.18. The van der Waals surface area contributed by atoms with Crippen molar-refractivity contribution in [1.29, 1.82) is 0 Å². The number of aryl methyl sites for hydroxylation is 1. The number of imide groups is 1. The Bertz CT molecular complexity index is 1480. The minimum atomic E-state index is -0.301. The standard InChI is InChI=1S/C30H23NO2/c1-21-18-19-28(26-16-8-7-14-24(21)26)30(33)31(20-22-10-3-2-4-11-22)29(32)27-17-9-13-23-12-5-6-15-25(23)27/h2-19H,20H2,1H3. The quantitative estimate of drug-likeness (QED) is 0.295. The van der Waals surface area contributed by atoms with E-state index in [0.717, 1.165) is 32.7 Å². The van der Waals surface area contributed by atoms with Gasteiger partial charge in [-0.15, -0.1) is 0 Å². The molecule has 0 saturated carbocycles. The van der Waals surface area contributed by atoms with Crippen molar-refractivity contribution in [2.75, 3.05) is 0 Å². The van der Waals surface area contributed by atoms with Crippen molar-refractivity contribution < 1.29 is 9.59 Å². The summed E-state index contributed by atoms with van der Waals surface area (Å²) < 4.78 is 0. The normalized spacial score (nSPS) is 10.9. The third kappa shape index (κ3) is 3.90. The van der Waals surface area contributed by atoms with Crippen LogP contribution in [0, 0.1) is 6.92 Å². The van der Waals surface area contributed by atoms with Crippen LogP contribution in [0.2, 0.25) is 0 Å². The zero-order chi connectivity index (χ0) is 22.8. The molecule has 5 rings (SSSR count). The average Bonchev–Trinajstić information content (AvgIpc) is 2.87. The van der Waals surface area contributed by atoms with Gasteiger partial charge in [-0.05, 0) is 51.7 Å². The molecule has 0 bridgehead atoms. The summed E-state index contributed by atoms with van der Waals surface area (Å²) in [6, 6.07) is 34.6. The van der Waals surface area contributed by atoms with Crippen LogP contribution in [-0.2, 0) is 6.54 Å². The van der Waals surface area contributed by atoms with Gasteiger partial charge in [0.15, 0.2) is 0 Å². The summed E-state index contributed by atoms with van der Waals surface area (Å²) in [6.07, 6.45) is 0. The molecule has 33 heavy (non-hydrogen) atoms. The fraction of sp³-hybridized carbons (Fsp3) is 0.0667. The van der Waals surface area contributed by atoms with Gasteiger partial charge in [-0.25, -0.2) is 0 Å². The van der Waals surface area contributed by atoms with Gasteiger partial charge in [0.1, 0.15) is 0 Å². The van der Waals surface area contributed by atoms with Crippen LogP contribution < -0.4 is 0 Å². The van der Waals surface area contributed by atoms with Crippen LogP contribution in [0.15, 0.2) is 109 Å². The lowest BCUT2D eigenvalue weighted by atomic mass is 9.98. The molecule has 0 aliphatic heterocycles. The lowest BCUT2D eigenvalue weighted by Gasteiger charge is -2.23. The van der Waals surface area contributed by atoms with Crippen LogP contribution in [0.1, 0.15) is 31.8 Å². The molecule has 0 radical (unpaired) electrons. The number of benzene rings is 5. The summed E-state index contributed by atoms with van der Waals surface area (Å²) in [5.74, 6) is -0.599. The van der Waals surface area contributed by atoms with Crippen molar-refractivity contribution in [1.82, 2.24) is 4.90 Å². The molecule has 0 aliphatic carbocycles. The highest BCUT2D eigenvalue weighted by Gasteiger charge is 2.27. The van der Waals surface area contributed by atoms with E-state index in [2.05, 4.69) is 0 Å². The first-order valence-electron chi connectivity index (χ1n) is 11.0. The predicted octanol–water partition coefficient (Wildman–Crippen LogP) is 6.78. The van der Waals surface area contributed by atoms with Crippen molar-refractivity contribution in [3.63, 3.8) is 0 Å². The number of nitrogens with zero attached hydrogens (tertiary/aromatic N) is 1. The van der Waals surface area contributed by atoms with E-state index < -0.39 is 0 Å². The van der Waals surface area contributed by atoms with Gasteiger partial charge in [0.25, 0.3) is 11.8 Å². The fourth-order valence-electron chi connectivity index (χ4n) is 4.34. The Morgan fingerprint density at radius 1 is 0.576 bits per heavy atom. The second-order valence-corrected chi connectivity index (χ2v) is 8.18. The average molecular weight is 430 g/mol. The number of carbonyl (C=O) groups is 2. The van der Waals surface area contributed by atoms with Crippen LogP contribution in [0.4, 0.5) is 0 Å². The molecular weight excluding hydrogens is 406 g/mol. The SMILES string of the molecule is Cc1ccc(C(=O)N(Cc2ccccc2)C(=O)c2cccc3ccccc23)c2ccccc12. The first-order valence-corrected chi connectivity index (χ1v) is 11.0. The Labute approximate surface area is 192 Å². The van der Waals surface area contributed by atoms with Gasteiger partial charge >= 0.3 is 0 Å². The van der Waals surface area contributed by atoms with E-state index >= 15 is 0 Å². The van der Waals surface area contributed by atoms with Crippen LogP contribution in [0.5, 0.6) is 0 Å². The summed E-state index contributed by atoms with van der Waals surface area (Å²) in [6.45, 7) is 2.23. The molecule has 0 N–H and O–H groups in total. The lowest BCUT2D eigenvalue weighted by molar-refractivity contribution is 0.0606. The highest BCUT2D eigenvalue weighted by atomic mass is 16.2. The molecule has 0 spiro atoms. The maximum atomic E-state index is 13.9. The van der Waals surface area contributed by atoms with Gasteiger partial charge in [-0.2, -0.15) is 0 Å². The van der Waals surface area contributed by atoms with Crippen molar-refractivity contribution in [2.45, 2.75) is 13.5 Å². The minimum Gasteiger partial charge on any atom is -0.270 e. The molecule has 0 aliphatic rings. The molecule has 0 aromatic heterocycles. The van der Waals surface area contributed by atoms with Gasteiger partial charge in [0, 0.05) is 11.1 Å². The van der Waals surface area contributed by atoms with Gasteiger partial charge in [-0.1, -0.05) is 97.1 Å². The Morgan fingerprint density at radius 3 is 1.91 bits per heavy atom. The highest BCUT2D eigenvalue weighted by Crippen LogP contribution is 2.26. The maximum absolute atomic E-state index is 13.9. The number of amides is 2. The van der Waals surface area contributed by atoms with Crippen molar-refractivity contribution in [3.8, 4) is 0 Å². The molecule has 0 fully saturated rings. The third-order valence-corrected chi connectivity index (χ3v) is 6.07. The van der Waals surface area contributed by atoms with E-state index in [9.17, 15) is 9.59 Å². The van der Waals surface area contributed by atoms with E-state index in [-0.39, 0.29) is 18.4 Å². The van der Waals surface area contributed by atoms with Gasteiger partial charge < -0.3 is 0 Å². The molecule has 0 saturated heterocycles. The minimum absolute atomic E-state index is 0.198. The van der Waals surface area contributed by atoms with Crippen LogP contribution in [-0.4, -0.2) is 16.7 Å². The number of fused-ring (bicyclic) bond motifs is 2. The molecule has 5 aromatic rings. The van der Waals surface area contributed by atoms with Crippen LogP contribution >= 0.6 is 0 Å². The number of rotatable bonds is 4. The van der Waals surface area contributed by atoms with Gasteiger partial charge in [-0.3, -0.25) is 14.5 Å². The first kappa shape index (κ1) is 20.7. The van der Waals surface area contributed by atoms with Crippen molar-refractivity contribution in [3.05, 3.63) is 131 Å². The first-order chi connectivity index (χ1) is 16.1. The van der Waals surface area contributed by atoms with Crippen LogP contribution in [0.3, 0.4) is 0 Å². The number of hydrogen-bond donors (Lipinski definition) is 0. The van der Waals surface area contributed by atoms with Crippen molar-refractivity contribution in [2.24, 2.45) is 0 Å². The van der Waals surface area contributed by atoms with Crippen LogP contribution in [0.25, 0.3) is 21.5 Å². The largest absolute Gasteiger partial charge is 0.270 e. The molecule has 2 amide bonds.